The summed E-state index contributed by atoms with van der Waals surface area (Å²) in [6.07, 6.45) is 8.84. The SMILES string of the molecule is C=C(/C=C\c1ncc(-c2cc3ccccc3o2)n1N)OCCC1CCCN1C. The van der Waals surface area contributed by atoms with Crippen LogP contribution in [-0.4, -0.2) is 40.8 Å². The maximum absolute atomic E-state index is 6.21. The van der Waals surface area contributed by atoms with E-state index in [0.29, 0.717) is 35.7 Å². The van der Waals surface area contributed by atoms with Gasteiger partial charge in [0.15, 0.2) is 11.6 Å². The van der Waals surface area contributed by atoms with Crippen LogP contribution in [0.3, 0.4) is 0 Å². The smallest absolute Gasteiger partial charge is 0.155 e. The third-order valence-corrected chi connectivity index (χ3v) is 5.33. The molecule has 1 aliphatic rings. The molecule has 6 nitrogen and oxygen atoms in total. The number of para-hydroxylation sites is 1. The first-order valence-corrected chi connectivity index (χ1v) is 9.63. The van der Waals surface area contributed by atoms with Crippen molar-refractivity contribution in [1.29, 1.82) is 0 Å². The monoisotopic (exact) mass is 378 g/mol. The van der Waals surface area contributed by atoms with Crippen molar-refractivity contribution < 1.29 is 9.15 Å². The lowest BCUT2D eigenvalue weighted by Crippen LogP contribution is -2.25. The summed E-state index contributed by atoms with van der Waals surface area (Å²) in [5.41, 5.74) is 1.54. The van der Waals surface area contributed by atoms with Crippen molar-refractivity contribution in [1.82, 2.24) is 14.6 Å². The second kappa shape index (κ2) is 7.94. The van der Waals surface area contributed by atoms with Gasteiger partial charge in [0.2, 0.25) is 0 Å². The van der Waals surface area contributed by atoms with Gasteiger partial charge in [0.25, 0.3) is 0 Å². The van der Waals surface area contributed by atoms with Gasteiger partial charge in [0, 0.05) is 11.4 Å². The van der Waals surface area contributed by atoms with Crippen LogP contribution in [0.25, 0.3) is 28.5 Å². The molecule has 0 amide bonds. The molecule has 6 heteroatoms. The predicted octanol–water partition coefficient (Wildman–Crippen LogP) is 4.04. The molecule has 28 heavy (non-hydrogen) atoms. The molecule has 3 aromatic rings. The number of benzene rings is 1. The maximum Gasteiger partial charge on any atom is 0.155 e. The molecular weight excluding hydrogens is 352 g/mol. The Morgan fingerprint density at radius 2 is 2.29 bits per heavy atom. The van der Waals surface area contributed by atoms with Gasteiger partial charge in [-0.3, -0.25) is 0 Å². The number of furan rings is 1. The number of nitrogens with zero attached hydrogens (tertiary/aromatic N) is 3. The Hall–Kier alpha value is -2.99. The van der Waals surface area contributed by atoms with E-state index in [-0.39, 0.29) is 0 Å². The number of nitrogen functional groups attached to an aromatic ring is 1. The average Bonchev–Trinajstić information content (AvgIpc) is 3.38. The number of nitrogens with two attached hydrogens (primary N) is 1. The van der Waals surface area contributed by atoms with E-state index in [2.05, 4.69) is 23.5 Å². The lowest BCUT2D eigenvalue weighted by atomic mass is 10.1. The van der Waals surface area contributed by atoms with Crippen LogP contribution in [0.15, 0.2) is 59.4 Å². The first-order valence-electron chi connectivity index (χ1n) is 9.63. The molecule has 1 atom stereocenters. The molecule has 1 saturated heterocycles. The second-order valence-electron chi connectivity index (χ2n) is 7.23. The van der Waals surface area contributed by atoms with E-state index in [4.69, 9.17) is 15.0 Å². The zero-order valence-corrected chi connectivity index (χ0v) is 16.2. The van der Waals surface area contributed by atoms with Crippen molar-refractivity contribution in [2.75, 3.05) is 26.0 Å². The normalized spacial score (nSPS) is 17.7. The highest BCUT2D eigenvalue weighted by molar-refractivity contribution is 5.82. The summed E-state index contributed by atoms with van der Waals surface area (Å²) in [6, 6.07) is 10.4. The van der Waals surface area contributed by atoms with Crippen molar-refractivity contribution >= 4 is 17.0 Å². The van der Waals surface area contributed by atoms with Crippen LogP contribution in [0.1, 0.15) is 25.1 Å². The van der Waals surface area contributed by atoms with E-state index < -0.39 is 0 Å². The maximum atomic E-state index is 6.21. The van der Waals surface area contributed by atoms with E-state index in [1.165, 1.54) is 24.1 Å². The molecule has 0 radical (unpaired) electrons. The summed E-state index contributed by atoms with van der Waals surface area (Å²) in [7, 11) is 2.17. The lowest BCUT2D eigenvalue weighted by molar-refractivity contribution is 0.183. The van der Waals surface area contributed by atoms with Crippen molar-refractivity contribution in [3.63, 3.8) is 0 Å². The van der Waals surface area contributed by atoms with Crippen molar-refractivity contribution in [2.24, 2.45) is 0 Å². The minimum absolute atomic E-state index is 0.605. The van der Waals surface area contributed by atoms with Crippen LogP contribution in [-0.2, 0) is 4.74 Å². The van der Waals surface area contributed by atoms with Crippen LogP contribution >= 0.6 is 0 Å². The molecule has 0 spiro atoms. The Kier molecular flexibility index (Phi) is 5.21. The molecule has 1 fully saturated rings. The minimum atomic E-state index is 0.605. The molecule has 0 aliphatic carbocycles. The molecule has 0 saturated carbocycles. The van der Waals surface area contributed by atoms with Gasteiger partial charge < -0.3 is 19.9 Å². The summed E-state index contributed by atoms with van der Waals surface area (Å²) in [6.45, 7) is 5.80. The molecule has 1 unspecified atom stereocenters. The van der Waals surface area contributed by atoms with Gasteiger partial charge in [0.1, 0.15) is 17.0 Å². The van der Waals surface area contributed by atoms with Gasteiger partial charge in [-0.2, -0.15) is 0 Å². The highest BCUT2D eigenvalue weighted by Crippen LogP contribution is 2.27. The highest BCUT2D eigenvalue weighted by atomic mass is 16.5. The Labute approximate surface area is 164 Å². The second-order valence-corrected chi connectivity index (χ2v) is 7.23. The van der Waals surface area contributed by atoms with E-state index >= 15 is 0 Å². The number of ether oxygens (including phenoxy) is 1. The fourth-order valence-corrected chi connectivity index (χ4v) is 3.67. The minimum Gasteiger partial charge on any atom is -0.494 e. The summed E-state index contributed by atoms with van der Waals surface area (Å²) in [4.78, 5) is 6.77. The molecule has 4 rings (SSSR count). The average molecular weight is 378 g/mol. The summed E-state index contributed by atoms with van der Waals surface area (Å²) in [5.74, 6) is 8.11. The zero-order valence-electron chi connectivity index (χ0n) is 16.2. The predicted molar refractivity (Wildman–Crippen MR) is 112 cm³/mol. The van der Waals surface area contributed by atoms with Gasteiger partial charge in [-0.1, -0.05) is 24.8 Å². The van der Waals surface area contributed by atoms with Crippen molar-refractivity contribution in [3.05, 3.63) is 60.8 Å². The highest BCUT2D eigenvalue weighted by Gasteiger charge is 2.20. The van der Waals surface area contributed by atoms with Crippen LogP contribution in [0, 0.1) is 0 Å². The van der Waals surface area contributed by atoms with Crippen LogP contribution in [0.5, 0.6) is 0 Å². The van der Waals surface area contributed by atoms with Crippen LogP contribution in [0.4, 0.5) is 0 Å². The molecule has 146 valence electrons. The van der Waals surface area contributed by atoms with Gasteiger partial charge in [-0.25, -0.2) is 9.66 Å². The molecule has 1 aliphatic heterocycles. The first kappa shape index (κ1) is 18.4. The molecule has 2 aromatic heterocycles. The number of allylic oxidation sites excluding steroid dienone is 1. The standard InChI is InChI=1S/C22H26N4O2/c1-16(27-13-11-18-7-5-12-25(18)2)9-10-22-24-15-19(26(22)23)21-14-17-6-3-4-8-20(17)28-21/h3-4,6,8-10,14-15,18H,1,5,7,11-13,23H2,2H3/b10-9-. The van der Waals surface area contributed by atoms with E-state index in [1.54, 1.807) is 18.3 Å². The Morgan fingerprint density at radius 3 is 3.07 bits per heavy atom. The summed E-state index contributed by atoms with van der Waals surface area (Å²) < 4.78 is 13.1. The summed E-state index contributed by atoms with van der Waals surface area (Å²) >= 11 is 0. The molecule has 3 heterocycles. The van der Waals surface area contributed by atoms with Crippen molar-refractivity contribution in [2.45, 2.75) is 25.3 Å². The summed E-state index contributed by atoms with van der Waals surface area (Å²) in [5, 5.41) is 1.03. The van der Waals surface area contributed by atoms with Crippen LogP contribution in [0.2, 0.25) is 0 Å². The van der Waals surface area contributed by atoms with Gasteiger partial charge in [0.05, 0.1) is 12.8 Å². The topological polar surface area (TPSA) is 69.5 Å². The number of hydrogen-bond donors (Lipinski definition) is 1. The van der Waals surface area contributed by atoms with Gasteiger partial charge in [-0.05, 0) is 57.1 Å². The lowest BCUT2D eigenvalue weighted by Gasteiger charge is -2.19. The van der Waals surface area contributed by atoms with Crippen LogP contribution < -0.4 is 5.84 Å². The Balaban J connectivity index is 1.37. The third kappa shape index (κ3) is 3.82. The molecule has 1 aromatic carbocycles. The number of rotatable bonds is 7. The zero-order chi connectivity index (χ0) is 19.5. The van der Waals surface area contributed by atoms with Gasteiger partial charge >= 0.3 is 0 Å². The fourth-order valence-electron chi connectivity index (χ4n) is 3.67. The van der Waals surface area contributed by atoms with E-state index in [0.717, 1.165) is 17.4 Å². The largest absolute Gasteiger partial charge is 0.494 e. The molecule has 2 N–H and O–H groups in total. The number of likely N-dealkylation sites (tertiary alicyclic amines) is 1. The first-order chi connectivity index (χ1) is 13.6. The third-order valence-electron chi connectivity index (χ3n) is 5.33. The van der Waals surface area contributed by atoms with E-state index in [9.17, 15) is 0 Å². The Bertz CT molecular complexity index is 968. The molecule has 0 bridgehead atoms. The quantitative estimate of drug-likeness (QED) is 0.382. The van der Waals surface area contributed by atoms with E-state index in [1.807, 2.05) is 30.3 Å². The fraction of sp³-hybridized carbons (Fsp3) is 0.318. The van der Waals surface area contributed by atoms with Gasteiger partial charge in [-0.15, -0.1) is 0 Å². The van der Waals surface area contributed by atoms with Crippen molar-refractivity contribution in [3.8, 4) is 11.5 Å². The Morgan fingerprint density at radius 1 is 1.43 bits per heavy atom. The number of aromatic nitrogens is 2. The number of hydrogen-bond acceptors (Lipinski definition) is 5. The molecular formula is C22H26N4O2. The number of imidazole rings is 1. The number of fused-ring (bicyclic) bond motifs is 1.